The Morgan fingerprint density at radius 2 is 1.61 bits per heavy atom. The molecule has 6 atom stereocenters. The summed E-state index contributed by atoms with van der Waals surface area (Å²) in [5, 5.41) is 8.78. The van der Waals surface area contributed by atoms with Crippen LogP contribution in [0.1, 0.15) is 23.5 Å². The molecular weight excluding hydrogens is 338 g/mol. The van der Waals surface area contributed by atoms with Gasteiger partial charge in [0.1, 0.15) is 24.7 Å². The molecule has 130 valence electrons. The predicted octanol–water partition coefficient (Wildman–Crippen LogP) is -1.23. The average molecular weight is 356 g/mol. The Balaban J connectivity index is 0.00000264. The van der Waals surface area contributed by atoms with Crippen molar-refractivity contribution >= 4 is 5.97 Å². The minimum Gasteiger partial charge on any atom is -1.00 e. The van der Waals surface area contributed by atoms with E-state index < -0.39 is 49.0 Å². The molecule has 0 radical (unpaired) electrons. The Kier molecular flexibility index (Phi) is 6.83. The normalized spacial score (nSPS) is 32.0. The third-order valence-corrected chi connectivity index (χ3v) is 4.02. The topological polar surface area (TPSA) is 64.9 Å². The van der Waals surface area contributed by atoms with E-state index >= 15 is 0 Å². The van der Waals surface area contributed by atoms with Crippen molar-refractivity contribution in [2.24, 2.45) is 0 Å². The van der Waals surface area contributed by atoms with E-state index in [1.807, 2.05) is 0 Å². The van der Waals surface area contributed by atoms with Crippen LogP contribution in [-0.2, 0) is 11.2 Å². The van der Waals surface area contributed by atoms with Crippen LogP contribution in [0.3, 0.4) is 0 Å². The zero-order valence-corrected chi connectivity index (χ0v) is 12.9. The minimum atomic E-state index is -2.09. The molecule has 0 amide bonds. The summed E-state index contributed by atoms with van der Waals surface area (Å²) in [5.41, 5.74) is 4.27. The fourth-order valence-electron chi connectivity index (χ4n) is 2.72. The summed E-state index contributed by atoms with van der Waals surface area (Å²) in [4.78, 5) is 10.7. The number of carboxylic acid groups (broad SMARTS) is 1. The molecule has 4 N–H and O–H groups in total. The van der Waals surface area contributed by atoms with Crippen LogP contribution in [0.2, 0.25) is 0 Å². The van der Waals surface area contributed by atoms with Crippen molar-refractivity contribution in [3.8, 4) is 0 Å². The van der Waals surface area contributed by atoms with Crippen LogP contribution < -0.4 is 18.1 Å². The second-order valence-corrected chi connectivity index (χ2v) is 5.66. The van der Waals surface area contributed by atoms with Gasteiger partial charge in [0.2, 0.25) is 0 Å². The van der Waals surface area contributed by atoms with Crippen molar-refractivity contribution in [1.82, 2.24) is 0 Å². The predicted molar refractivity (Wildman–Crippen MR) is 71.4 cm³/mol. The molecular formula is C15H18ClF4NO2. The first-order chi connectivity index (χ1) is 10.3. The van der Waals surface area contributed by atoms with Crippen LogP contribution in [-0.4, -0.2) is 41.8 Å². The molecule has 1 saturated carbocycles. The van der Waals surface area contributed by atoms with Gasteiger partial charge in [-0.1, -0.05) is 24.3 Å². The number of halogens is 5. The molecule has 1 aromatic carbocycles. The lowest BCUT2D eigenvalue weighted by molar-refractivity contribution is -0.407. The molecule has 0 heterocycles. The first-order valence-electron chi connectivity index (χ1n) is 7.02. The molecule has 1 aromatic rings. The lowest BCUT2D eigenvalue weighted by atomic mass is 9.79. The molecule has 1 fully saturated rings. The quantitative estimate of drug-likeness (QED) is 0.664. The Labute approximate surface area is 137 Å². The van der Waals surface area contributed by atoms with E-state index in [1.165, 1.54) is 24.3 Å². The third kappa shape index (κ3) is 4.35. The Morgan fingerprint density at radius 3 is 2.04 bits per heavy atom. The minimum absolute atomic E-state index is 0. The van der Waals surface area contributed by atoms with E-state index in [4.69, 9.17) is 5.11 Å². The third-order valence-electron chi connectivity index (χ3n) is 4.02. The van der Waals surface area contributed by atoms with E-state index in [0.29, 0.717) is 5.56 Å². The summed E-state index contributed by atoms with van der Waals surface area (Å²) in [6, 6.07) is 4.95. The number of hydrogen-bond donors (Lipinski definition) is 2. The maximum atomic E-state index is 13.9. The van der Waals surface area contributed by atoms with Gasteiger partial charge in [-0.2, -0.15) is 0 Å². The molecule has 1 unspecified atom stereocenters. The van der Waals surface area contributed by atoms with E-state index in [0.717, 1.165) is 0 Å². The van der Waals surface area contributed by atoms with Gasteiger partial charge in [0.15, 0.2) is 6.04 Å². The highest BCUT2D eigenvalue weighted by molar-refractivity contribution is 5.71. The van der Waals surface area contributed by atoms with Gasteiger partial charge in [0.05, 0.1) is 5.92 Å². The SMILES string of the molecule is [Cl-].[NH3+][C@@H](Cc1ccc(C2[C@@H](F)[C@@H](F)C[C@@H](F)[C@H]2F)cc1)C(=O)O. The fraction of sp³-hybridized carbons (Fsp3) is 0.533. The van der Waals surface area contributed by atoms with E-state index in [2.05, 4.69) is 5.73 Å². The molecule has 2 rings (SSSR count). The molecule has 1 aliphatic rings. The van der Waals surface area contributed by atoms with Gasteiger partial charge in [0, 0.05) is 12.8 Å². The highest BCUT2D eigenvalue weighted by Crippen LogP contribution is 2.40. The molecule has 1 aliphatic carbocycles. The summed E-state index contributed by atoms with van der Waals surface area (Å²) < 4.78 is 54.6. The number of benzene rings is 1. The first-order valence-corrected chi connectivity index (χ1v) is 7.02. The number of carbonyl (C=O) groups is 1. The van der Waals surface area contributed by atoms with E-state index in [-0.39, 0.29) is 24.4 Å². The first kappa shape index (κ1) is 19.7. The lowest BCUT2D eigenvalue weighted by Crippen LogP contribution is -3.00. The monoisotopic (exact) mass is 355 g/mol. The van der Waals surface area contributed by atoms with Gasteiger partial charge in [0.25, 0.3) is 0 Å². The number of alkyl halides is 4. The summed E-state index contributed by atoms with van der Waals surface area (Å²) in [6.45, 7) is 0. The van der Waals surface area contributed by atoms with Crippen molar-refractivity contribution in [2.45, 2.75) is 49.5 Å². The van der Waals surface area contributed by atoms with Crippen molar-refractivity contribution in [1.29, 1.82) is 0 Å². The van der Waals surface area contributed by atoms with E-state index in [1.54, 1.807) is 0 Å². The average Bonchev–Trinajstić information content (AvgIpc) is 2.47. The fourth-order valence-corrected chi connectivity index (χ4v) is 2.72. The van der Waals surface area contributed by atoms with Crippen LogP contribution in [0.15, 0.2) is 24.3 Å². The number of rotatable bonds is 4. The molecule has 8 heteroatoms. The van der Waals surface area contributed by atoms with Crippen molar-refractivity contribution in [3.05, 3.63) is 35.4 Å². The van der Waals surface area contributed by atoms with Crippen LogP contribution >= 0.6 is 0 Å². The van der Waals surface area contributed by atoms with Crippen molar-refractivity contribution < 1.29 is 45.6 Å². The highest BCUT2D eigenvalue weighted by atomic mass is 35.5. The largest absolute Gasteiger partial charge is 1.00 e. The van der Waals surface area contributed by atoms with Crippen molar-refractivity contribution in [2.75, 3.05) is 0 Å². The van der Waals surface area contributed by atoms with Crippen LogP contribution in [0.5, 0.6) is 0 Å². The zero-order valence-electron chi connectivity index (χ0n) is 12.1. The molecule has 0 aliphatic heterocycles. The Hall–Kier alpha value is -1.34. The molecule has 0 bridgehead atoms. The molecule has 3 nitrogen and oxygen atoms in total. The number of hydrogen-bond acceptors (Lipinski definition) is 1. The zero-order chi connectivity index (χ0) is 16.4. The van der Waals surface area contributed by atoms with Crippen LogP contribution in [0.25, 0.3) is 0 Å². The standard InChI is InChI=1S/C15H17F4NO2.ClH/c16-9-6-10(17)14(19)12(13(9)18)8-3-1-7(2-4-8)5-11(20)15(21)22;/h1-4,9-14H,5-6,20H2,(H,21,22);1H/t9-,10+,11-,12?,13-,14+;/m0./s1. The summed E-state index contributed by atoms with van der Waals surface area (Å²) in [7, 11) is 0. The summed E-state index contributed by atoms with van der Waals surface area (Å²) >= 11 is 0. The number of carboxylic acids is 1. The lowest BCUT2D eigenvalue weighted by Gasteiger charge is -2.34. The maximum absolute atomic E-state index is 13.9. The van der Waals surface area contributed by atoms with Gasteiger partial charge in [-0.3, -0.25) is 0 Å². The van der Waals surface area contributed by atoms with Gasteiger partial charge in [-0.05, 0) is 11.1 Å². The van der Waals surface area contributed by atoms with Crippen LogP contribution in [0.4, 0.5) is 17.6 Å². The molecule has 0 aromatic heterocycles. The Bertz CT molecular complexity index is 517. The van der Waals surface area contributed by atoms with Gasteiger partial charge >= 0.3 is 5.97 Å². The second-order valence-electron chi connectivity index (χ2n) is 5.66. The number of quaternary nitrogens is 1. The van der Waals surface area contributed by atoms with Crippen LogP contribution in [0, 0.1) is 0 Å². The van der Waals surface area contributed by atoms with Gasteiger partial charge in [-0.25, -0.2) is 22.4 Å². The van der Waals surface area contributed by atoms with E-state index in [9.17, 15) is 22.4 Å². The van der Waals surface area contributed by atoms with Gasteiger partial charge in [-0.15, -0.1) is 0 Å². The van der Waals surface area contributed by atoms with Gasteiger partial charge < -0.3 is 23.2 Å². The highest BCUT2D eigenvalue weighted by Gasteiger charge is 2.47. The summed E-state index contributed by atoms with van der Waals surface area (Å²) in [5.74, 6) is -2.53. The molecule has 23 heavy (non-hydrogen) atoms. The molecule has 0 spiro atoms. The summed E-state index contributed by atoms with van der Waals surface area (Å²) in [6.07, 6.45) is -8.83. The smallest absolute Gasteiger partial charge is 0.362 e. The molecule has 0 saturated heterocycles. The number of aliphatic carboxylic acids is 1. The second kappa shape index (κ2) is 7.97. The Morgan fingerprint density at radius 1 is 1.13 bits per heavy atom. The van der Waals surface area contributed by atoms with Crippen molar-refractivity contribution in [3.63, 3.8) is 0 Å². The maximum Gasteiger partial charge on any atom is 0.362 e.